The van der Waals surface area contributed by atoms with Crippen molar-refractivity contribution in [3.05, 3.63) is 59.1 Å². The Morgan fingerprint density at radius 3 is 2.38 bits per heavy atom. The minimum Gasteiger partial charge on any atom is -0.368 e. The Morgan fingerprint density at radius 1 is 1.00 bits per heavy atom. The smallest absolute Gasteiger partial charge is 0.322 e. The molecule has 2 amide bonds. The Morgan fingerprint density at radius 2 is 1.71 bits per heavy atom. The number of anilines is 2. The number of piperazine rings is 1. The monoisotopic (exact) mass is 351 g/mol. The molecule has 3 rings (SSSR count). The number of nitrogens with one attached hydrogen (secondary N) is 1. The zero-order chi connectivity index (χ0) is 17.1. The van der Waals surface area contributed by atoms with Gasteiger partial charge in [0.1, 0.15) is 11.6 Å². The van der Waals surface area contributed by atoms with Crippen LogP contribution in [-0.4, -0.2) is 37.1 Å². The summed E-state index contributed by atoms with van der Waals surface area (Å²) < 4.78 is 26.8. The first-order valence-corrected chi connectivity index (χ1v) is 7.93. The molecule has 2 aromatic rings. The lowest BCUT2D eigenvalue weighted by Gasteiger charge is -2.36. The van der Waals surface area contributed by atoms with E-state index in [1.165, 1.54) is 18.2 Å². The fourth-order valence-corrected chi connectivity index (χ4v) is 2.78. The molecule has 2 aromatic carbocycles. The van der Waals surface area contributed by atoms with Gasteiger partial charge in [-0.05, 0) is 30.3 Å². The number of carbonyl (C=O) groups is 1. The SMILES string of the molecule is O=C(Nc1ccccc1F)N1CCN(c2ccc(F)c(Cl)c2)CC1. The maximum atomic E-state index is 13.6. The number of para-hydroxylation sites is 1. The van der Waals surface area contributed by atoms with Crippen molar-refractivity contribution in [1.29, 1.82) is 0 Å². The molecule has 24 heavy (non-hydrogen) atoms. The molecule has 1 N–H and O–H groups in total. The maximum Gasteiger partial charge on any atom is 0.322 e. The third kappa shape index (κ3) is 3.59. The van der Waals surface area contributed by atoms with Crippen LogP contribution in [0.3, 0.4) is 0 Å². The first-order chi connectivity index (χ1) is 11.5. The Balaban J connectivity index is 1.59. The van der Waals surface area contributed by atoms with Gasteiger partial charge in [0, 0.05) is 31.9 Å². The highest BCUT2D eigenvalue weighted by Crippen LogP contribution is 2.23. The van der Waals surface area contributed by atoms with Gasteiger partial charge in [0.05, 0.1) is 10.7 Å². The summed E-state index contributed by atoms with van der Waals surface area (Å²) >= 11 is 5.81. The van der Waals surface area contributed by atoms with Crippen LogP contribution in [-0.2, 0) is 0 Å². The van der Waals surface area contributed by atoms with Crippen molar-refractivity contribution in [3.8, 4) is 0 Å². The second-order valence-corrected chi connectivity index (χ2v) is 5.89. The van der Waals surface area contributed by atoms with Gasteiger partial charge in [0.2, 0.25) is 0 Å². The summed E-state index contributed by atoms with van der Waals surface area (Å²) in [6.45, 7) is 2.14. The predicted octanol–water partition coefficient (Wildman–Crippen LogP) is 3.97. The molecule has 0 radical (unpaired) electrons. The number of benzene rings is 2. The van der Waals surface area contributed by atoms with Gasteiger partial charge in [0.25, 0.3) is 0 Å². The Hall–Kier alpha value is -2.34. The molecule has 0 aliphatic carbocycles. The summed E-state index contributed by atoms with van der Waals surface area (Å²) in [7, 11) is 0. The molecule has 1 aliphatic rings. The van der Waals surface area contributed by atoms with E-state index in [4.69, 9.17) is 11.6 Å². The minimum atomic E-state index is -0.467. The Labute approximate surface area is 143 Å². The van der Waals surface area contributed by atoms with Crippen molar-refractivity contribution in [3.63, 3.8) is 0 Å². The van der Waals surface area contributed by atoms with Crippen molar-refractivity contribution in [2.45, 2.75) is 0 Å². The van der Waals surface area contributed by atoms with Crippen LogP contribution in [0, 0.1) is 11.6 Å². The van der Waals surface area contributed by atoms with Crippen molar-refractivity contribution in [2.24, 2.45) is 0 Å². The van der Waals surface area contributed by atoms with Crippen LogP contribution in [0.1, 0.15) is 0 Å². The van der Waals surface area contributed by atoms with Gasteiger partial charge in [0.15, 0.2) is 0 Å². The maximum absolute atomic E-state index is 13.6. The first-order valence-electron chi connectivity index (χ1n) is 7.55. The summed E-state index contributed by atoms with van der Waals surface area (Å²) in [6, 6.07) is 10.3. The van der Waals surface area contributed by atoms with Crippen molar-refractivity contribution < 1.29 is 13.6 Å². The third-order valence-corrected chi connectivity index (χ3v) is 4.24. The molecule has 0 bridgehead atoms. The molecular formula is C17H16ClF2N3O. The molecule has 0 spiro atoms. The van der Waals surface area contributed by atoms with E-state index >= 15 is 0 Å². The van der Waals surface area contributed by atoms with Gasteiger partial charge >= 0.3 is 6.03 Å². The van der Waals surface area contributed by atoms with E-state index < -0.39 is 11.6 Å². The molecule has 0 aromatic heterocycles. The highest BCUT2D eigenvalue weighted by molar-refractivity contribution is 6.31. The predicted molar refractivity (Wildman–Crippen MR) is 90.6 cm³/mol. The number of hydrogen-bond acceptors (Lipinski definition) is 2. The number of amides is 2. The quantitative estimate of drug-likeness (QED) is 0.888. The summed E-state index contributed by atoms with van der Waals surface area (Å²) in [5.41, 5.74) is 0.978. The van der Waals surface area contributed by atoms with E-state index in [-0.39, 0.29) is 16.7 Å². The topological polar surface area (TPSA) is 35.6 Å². The molecule has 1 fully saturated rings. The average molecular weight is 352 g/mol. The second kappa shape index (κ2) is 7.05. The zero-order valence-corrected chi connectivity index (χ0v) is 13.6. The number of nitrogens with zero attached hydrogens (tertiary/aromatic N) is 2. The molecule has 126 valence electrons. The number of carbonyl (C=O) groups excluding carboxylic acids is 1. The first kappa shape index (κ1) is 16.5. The third-order valence-electron chi connectivity index (χ3n) is 3.95. The normalized spacial score (nSPS) is 14.6. The summed E-state index contributed by atoms with van der Waals surface area (Å²) in [4.78, 5) is 15.9. The van der Waals surface area contributed by atoms with Gasteiger partial charge in [-0.15, -0.1) is 0 Å². The zero-order valence-electron chi connectivity index (χ0n) is 12.8. The molecule has 1 aliphatic heterocycles. The number of rotatable bonds is 2. The summed E-state index contributed by atoms with van der Waals surface area (Å²) in [5.74, 6) is -0.922. The van der Waals surface area contributed by atoms with Crippen molar-refractivity contribution in [2.75, 3.05) is 36.4 Å². The van der Waals surface area contributed by atoms with Gasteiger partial charge in [-0.3, -0.25) is 0 Å². The van der Waals surface area contributed by atoms with Crippen LogP contribution in [0.25, 0.3) is 0 Å². The second-order valence-electron chi connectivity index (χ2n) is 5.48. The summed E-state index contributed by atoms with van der Waals surface area (Å²) in [5, 5.41) is 2.65. The van der Waals surface area contributed by atoms with E-state index in [1.807, 2.05) is 4.90 Å². The molecule has 0 unspecified atom stereocenters. The minimum absolute atomic E-state index is 0.0761. The van der Waals surface area contributed by atoms with Gasteiger partial charge < -0.3 is 15.1 Å². The van der Waals surface area contributed by atoms with Crippen LogP contribution in [0.2, 0.25) is 5.02 Å². The summed E-state index contributed by atoms with van der Waals surface area (Å²) in [6.07, 6.45) is 0. The standard InChI is InChI=1S/C17H16ClF2N3O/c18-13-11-12(5-6-14(13)19)22-7-9-23(10-8-22)17(24)21-16-4-2-1-3-15(16)20/h1-6,11H,7-10H2,(H,21,24). The number of halogens is 3. The van der Waals surface area contributed by atoms with E-state index in [9.17, 15) is 13.6 Å². The van der Waals surface area contributed by atoms with Crippen LogP contribution in [0.4, 0.5) is 25.0 Å². The lowest BCUT2D eigenvalue weighted by molar-refractivity contribution is 0.208. The van der Waals surface area contributed by atoms with Crippen molar-refractivity contribution >= 4 is 29.0 Å². The average Bonchev–Trinajstić information content (AvgIpc) is 2.59. The lowest BCUT2D eigenvalue weighted by atomic mass is 10.2. The van der Waals surface area contributed by atoms with Gasteiger partial charge in [-0.1, -0.05) is 23.7 Å². The van der Waals surface area contributed by atoms with E-state index in [1.54, 1.807) is 29.2 Å². The Bertz CT molecular complexity index is 748. The van der Waals surface area contributed by atoms with E-state index in [0.717, 1.165) is 5.69 Å². The van der Waals surface area contributed by atoms with Gasteiger partial charge in [-0.2, -0.15) is 0 Å². The molecule has 1 heterocycles. The van der Waals surface area contributed by atoms with Crippen LogP contribution < -0.4 is 10.2 Å². The number of urea groups is 1. The Kier molecular flexibility index (Phi) is 4.85. The van der Waals surface area contributed by atoms with Crippen molar-refractivity contribution in [1.82, 2.24) is 4.90 Å². The fraction of sp³-hybridized carbons (Fsp3) is 0.235. The van der Waals surface area contributed by atoms with Gasteiger partial charge in [-0.25, -0.2) is 13.6 Å². The largest absolute Gasteiger partial charge is 0.368 e. The molecule has 7 heteroatoms. The molecule has 1 saturated heterocycles. The van der Waals surface area contributed by atoms with E-state index in [0.29, 0.717) is 26.2 Å². The van der Waals surface area contributed by atoms with E-state index in [2.05, 4.69) is 5.32 Å². The highest BCUT2D eigenvalue weighted by atomic mass is 35.5. The van der Waals surface area contributed by atoms with Crippen LogP contribution >= 0.6 is 11.6 Å². The molecule has 4 nitrogen and oxygen atoms in total. The number of hydrogen-bond donors (Lipinski definition) is 1. The lowest BCUT2D eigenvalue weighted by Crippen LogP contribution is -2.50. The van der Waals surface area contributed by atoms with Crippen LogP contribution in [0.5, 0.6) is 0 Å². The van der Waals surface area contributed by atoms with Crippen LogP contribution in [0.15, 0.2) is 42.5 Å². The molecule has 0 saturated carbocycles. The highest BCUT2D eigenvalue weighted by Gasteiger charge is 2.22. The molecular weight excluding hydrogens is 336 g/mol. The fourth-order valence-electron chi connectivity index (χ4n) is 2.61. The molecule has 0 atom stereocenters.